The van der Waals surface area contributed by atoms with Crippen molar-refractivity contribution < 1.29 is 14.7 Å². The molecule has 1 amide bonds. The summed E-state index contributed by atoms with van der Waals surface area (Å²) < 4.78 is 0. The number of aromatic amines is 2. The molecule has 12 nitrogen and oxygen atoms in total. The number of fused-ring (bicyclic) bond motifs is 4. The third-order valence-electron chi connectivity index (χ3n) is 10.8. The summed E-state index contributed by atoms with van der Waals surface area (Å²) in [6, 6.07) is 13.4. The summed E-state index contributed by atoms with van der Waals surface area (Å²) in [5, 5.41) is 25.9. The number of piperidine rings is 2. The molecule has 0 radical (unpaired) electrons. The molecule has 0 saturated carbocycles. The molecule has 262 valence electrons. The van der Waals surface area contributed by atoms with Gasteiger partial charge in [0.2, 0.25) is 0 Å². The summed E-state index contributed by atoms with van der Waals surface area (Å²) in [5.41, 5.74) is 4.16. The summed E-state index contributed by atoms with van der Waals surface area (Å²) >= 11 is 1.09. The molecule has 4 fully saturated rings. The van der Waals surface area contributed by atoms with Crippen LogP contribution in [0.1, 0.15) is 63.7 Å². The highest BCUT2D eigenvalue weighted by molar-refractivity contribution is 7.13. The minimum Gasteiger partial charge on any atom is -0.477 e. The molecule has 0 aliphatic carbocycles. The van der Waals surface area contributed by atoms with Gasteiger partial charge in [0, 0.05) is 73.8 Å². The topological polar surface area (TPSA) is 146 Å². The average Bonchev–Trinajstić information content (AvgIpc) is 3.92. The number of carbonyl (C=O) groups excluding carboxylic acids is 1. The van der Waals surface area contributed by atoms with Crippen LogP contribution in [0.25, 0.3) is 32.9 Å². The Hall–Kier alpha value is -4.14. The van der Waals surface area contributed by atoms with Crippen molar-refractivity contribution in [2.45, 2.75) is 57.2 Å². The molecular formula is C37H45N9O3S. The number of hydrogen-bond acceptors (Lipinski definition) is 9. The largest absolute Gasteiger partial charge is 0.477 e. The van der Waals surface area contributed by atoms with Crippen molar-refractivity contribution in [1.29, 1.82) is 0 Å². The predicted octanol–water partition coefficient (Wildman–Crippen LogP) is 5.23. The lowest BCUT2D eigenvalue weighted by atomic mass is 9.99. The zero-order chi connectivity index (χ0) is 34.0. The van der Waals surface area contributed by atoms with E-state index >= 15 is 0 Å². The Morgan fingerprint density at radius 2 is 1.78 bits per heavy atom. The van der Waals surface area contributed by atoms with Crippen LogP contribution in [0.15, 0.2) is 48.8 Å². The molecule has 5 aromatic rings. The molecule has 9 rings (SSSR count). The number of carboxylic acid groups (broad SMARTS) is 1. The van der Waals surface area contributed by atoms with Crippen molar-refractivity contribution in [2.24, 2.45) is 0 Å². The first-order chi connectivity index (χ1) is 24.5. The zero-order valence-electron chi connectivity index (χ0n) is 28.3. The highest BCUT2D eigenvalue weighted by Gasteiger charge is 2.31. The van der Waals surface area contributed by atoms with E-state index in [1.165, 1.54) is 64.7 Å². The first-order valence-corrected chi connectivity index (χ1v) is 18.8. The Balaban J connectivity index is 0.000000309. The van der Waals surface area contributed by atoms with E-state index in [2.05, 4.69) is 45.5 Å². The molecule has 5 N–H and O–H groups in total. The maximum absolute atomic E-state index is 13.5. The van der Waals surface area contributed by atoms with Gasteiger partial charge in [-0.1, -0.05) is 25.0 Å². The molecule has 0 bridgehead atoms. The van der Waals surface area contributed by atoms with E-state index in [9.17, 15) is 14.7 Å². The summed E-state index contributed by atoms with van der Waals surface area (Å²) in [6.45, 7) is 9.66. The Kier molecular flexibility index (Phi) is 9.65. The Morgan fingerprint density at radius 1 is 0.940 bits per heavy atom. The van der Waals surface area contributed by atoms with E-state index in [4.69, 9.17) is 0 Å². The van der Waals surface area contributed by atoms with Gasteiger partial charge < -0.3 is 20.7 Å². The van der Waals surface area contributed by atoms with Gasteiger partial charge in [-0.05, 0) is 74.2 Å². The van der Waals surface area contributed by atoms with Crippen molar-refractivity contribution in [3.63, 3.8) is 0 Å². The molecule has 4 aliphatic heterocycles. The standard InChI is InChI=1S/C29H29N7O3S.C8H16N2/c37-28(26-27(29(38)39)40-25(33-26)16-35-10-11-36-9-2-1-4-18(36)15-35)32-23-12-17(13-24-21(23)14-31-34-24)19-5-3-6-22-20(19)7-8-30-22;1-2-5-10-6-4-9-7-8(10)3-1/h3,5-8,12-14,18,30H,1-2,4,9-11,15-16H2,(H,31,34)(H,32,37)(H,38,39);8-9H,1-7H2. The minimum atomic E-state index is -1.15. The molecule has 50 heavy (non-hydrogen) atoms. The lowest BCUT2D eigenvalue weighted by molar-refractivity contribution is 0.0456. The molecule has 13 heteroatoms. The number of aromatic nitrogens is 4. The van der Waals surface area contributed by atoms with Gasteiger partial charge in [0.05, 0.1) is 23.9 Å². The minimum absolute atomic E-state index is 0.0412. The van der Waals surface area contributed by atoms with Gasteiger partial charge in [-0.15, -0.1) is 11.3 Å². The SMILES string of the molecule is C1CCN2CCNCC2C1.O=C(Nc1cc(-c2cccc3[nH]ccc23)cc2[nH]ncc12)c1nc(CN2CCN3CCCCC3C2)sc1C(=O)O. The number of carbonyl (C=O) groups is 2. The maximum Gasteiger partial charge on any atom is 0.348 e. The van der Waals surface area contributed by atoms with Gasteiger partial charge >= 0.3 is 5.97 Å². The number of nitrogens with zero attached hydrogens (tertiary/aromatic N) is 5. The number of amides is 1. The monoisotopic (exact) mass is 695 g/mol. The van der Waals surface area contributed by atoms with Crippen molar-refractivity contribution in [3.05, 3.63) is 64.4 Å². The molecule has 2 aromatic carbocycles. The molecule has 2 atom stereocenters. The highest BCUT2D eigenvalue weighted by Crippen LogP contribution is 2.34. The van der Waals surface area contributed by atoms with Crippen LogP contribution in [0, 0.1) is 0 Å². The van der Waals surface area contributed by atoms with Crippen LogP contribution in [0.5, 0.6) is 0 Å². The van der Waals surface area contributed by atoms with E-state index in [1.54, 1.807) is 6.20 Å². The van der Waals surface area contributed by atoms with Crippen molar-refractivity contribution >= 4 is 50.7 Å². The maximum atomic E-state index is 13.5. The summed E-state index contributed by atoms with van der Waals surface area (Å²) in [6.07, 6.45) is 11.6. The van der Waals surface area contributed by atoms with Crippen LogP contribution in [-0.4, -0.2) is 116 Å². The summed E-state index contributed by atoms with van der Waals surface area (Å²) in [5.74, 6) is -1.69. The van der Waals surface area contributed by atoms with E-state index in [1.807, 2.05) is 42.6 Å². The number of benzene rings is 2. The van der Waals surface area contributed by atoms with Gasteiger partial charge in [0.1, 0.15) is 9.88 Å². The van der Waals surface area contributed by atoms with Gasteiger partial charge in [0.25, 0.3) is 5.91 Å². The van der Waals surface area contributed by atoms with Gasteiger partial charge in [-0.2, -0.15) is 5.10 Å². The van der Waals surface area contributed by atoms with Gasteiger partial charge in [-0.25, -0.2) is 9.78 Å². The third-order valence-corrected chi connectivity index (χ3v) is 11.8. The molecule has 2 unspecified atom stereocenters. The van der Waals surface area contributed by atoms with Crippen LogP contribution >= 0.6 is 11.3 Å². The number of carboxylic acids is 1. The number of thiazole rings is 1. The number of nitrogens with one attached hydrogen (secondary N) is 4. The van der Waals surface area contributed by atoms with E-state index < -0.39 is 11.9 Å². The molecule has 4 aliphatic rings. The molecule has 0 spiro atoms. The fourth-order valence-electron chi connectivity index (χ4n) is 8.19. The first-order valence-electron chi connectivity index (χ1n) is 18.0. The van der Waals surface area contributed by atoms with Crippen LogP contribution in [0.2, 0.25) is 0 Å². The Labute approximate surface area is 295 Å². The smallest absolute Gasteiger partial charge is 0.348 e. The number of piperazine rings is 2. The second kappa shape index (κ2) is 14.6. The normalized spacial score (nSPS) is 21.7. The van der Waals surface area contributed by atoms with E-state index in [0.717, 1.165) is 76.5 Å². The number of anilines is 1. The lowest BCUT2D eigenvalue weighted by Crippen LogP contribution is -2.54. The van der Waals surface area contributed by atoms with E-state index in [-0.39, 0.29) is 10.6 Å². The van der Waals surface area contributed by atoms with Crippen LogP contribution < -0.4 is 10.6 Å². The highest BCUT2D eigenvalue weighted by atomic mass is 32.1. The van der Waals surface area contributed by atoms with Gasteiger partial charge in [0.15, 0.2) is 5.69 Å². The van der Waals surface area contributed by atoms with Crippen molar-refractivity contribution in [2.75, 3.05) is 57.7 Å². The lowest BCUT2D eigenvalue weighted by Gasteiger charge is -2.43. The Morgan fingerprint density at radius 3 is 2.62 bits per heavy atom. The van der Waals surface area contributed by atoms with Crippen LogP contribution in [-0.2, 0) is 6.54 Å². The molecule has 7 heterocycles. The molecular weight excluding hydrogens is 651 g/mol. The quantitative estimate of drug-likeness (QED) is 0.161. The predicted molar refractivity (Wildman–Crippen MR) is 197 cm³/mol. The Bertz CT molecular complexity index is 1960. The molecule has 4 saturated heterocycles. The van der Waals surface area contributed by atoms with Crippen molar-refractivity contribution in [1.82, 2.24) is 40.2 Å². The average molecular weight is 696 g/mol. The van der Waals surface area contributed by atoms with Crippen molar-refractivity contribution in [3.8, 4) is 11.1 Å². The third kappa shape index (κ3) is 6.93. The fourth-order valence-corrected chi connectivity index (χ4v) is 9.13. The van der Waals surface area contributed by atoms with Crippen LogP contribution in [0.4, 0.5) is 5.69 Å². The zero-order valence-corrected chi connectivity index (χ0v) is 29.1. The van der Waals surface area contributed by atoms with Crippen LogP contribution in [0.3, 0.4) is 0 Å². The van der Waals surface area contributed by atoms with Gasteiger partial charge in [-0.3, -0.25) is 24.6 Å². The summed E-state index contributed by atoms with van der Waals surface area (Å²) in [7, 11) is 0. The number of rotatable bonds is 6. The van der Waals surface area contributed by atoms with E-state index in [0.29, 0.717) is 23.3 Å². The summed E-state index contributed by atoms with van der Waals surface area (Å²) in [4.78, 5) is 40.9. The molecule has 3 aromatic heterocycles. The second-order valence-electron chi connectivity index (χ2n) is 14.0. The number of hydrogen-bond donors (Lipinski definition) is 5. The second-order valence-corrected chi connectivity index (χ2v) is 15.0. The number of H-pyrrole nitrogens is 2. The number of aromatic carboxylic acids is 1. The first kappa shape index (κ1) is 33.0. The fraction of sp³-hybridized carbons (Fsp3) is 0.459.